The highest BCUT2D eigenvalue weighted by Crippen LogP contribution is 2.17. The van der Waals surface area contributed by atoms with Crippen LogP contribution >= 0.6 is 11.8 Å². The highest BCUT2D eigenvalue weighted by atomic mass is 32.2. The van der Waals surface area contributed by atoms with E-state index in [0.717, 1.165) is 0 Å². The van der Waals surface area contributed by atoms with Crippen molar-refractivity contribution in [1.29, 1.82) is 0 Å². The van der Waals surface area contributed by atoms with Crippen molar-refractivity contribution in [3.63, 3.8) is 0 Å². The summed E-state index contributed by atoms with van der Waals surface area (Å²) in [5.41, 5.74) is 4.65. The number of rotatable bonds is 5. The quantitative estimate of drug-likeness (QED) is 0.665. The molecule has 16 heavy (non-hydrogen) atoms. The average Bonchev–Trinajstić information content (AvgIpc) is 2.11. The second-order valence-electron chi connectivity index (χ2n) is 5.49. The second-order valence-corrected chi connectivity index (χ2v) is 6.36. The van der Waals surface area contributed by atoms with E-state index in [1.807, 2.05) is 27.0 Å². The number of thioether (sulfide) groups is 1. The van der Waals surface area contributed by atoms with Crippen LogP contribution in [0, 0.1) is 5.41 Å². The summed E-state index contributed by atoms with van der Waals surface area (Å²) in [7, 11) is 0. The molecule has 0 aromatic rings. The molecule has 0 bridgehead atoms. The van der Waals surface area contributed by atoms with E-state index < -0.39 is 11.6 Å². The summed E-state index contributed by atoms with van der Waals surface area (Å²) < 4.78 is 0. The molecule has 0 fully saturated rings. The van der Waals surface area contributed by atoms with Crippen LogP contribution in [0.1, 0.15) is 27.7 Å². The third-order valence-corrected chi connectivity index (χ3v) is 3.22. The smallest absolute Gasteiger partial charge is 0.237 e. The molecule has 2 unspecified atom stereocenters. The van der Waals surface area contributed by atoms with Crippen LogP contribution in [0.2, 0.25) is 0 Å². The van der Waals surface area contributed by atoms with Crippen LogP contribution in [0.5, 0.6) is 0 Å². The normalized spacial score (nSPS) is 17.7. The number of nitrogens with two attached hydrogens (primary N) is 1. The second kappa shape index (κ2) is 5.89. The predicted octanol–water partition coefficient (Wildman–Crippen LogP) is 0.590. The first-order valence-corrected chi connectivity index (χ1v) is 6.74. The molecule has 0 aromatic carbocycles. The van der Waals surface area contributed by atoms with E-state index in [0.29, 0.717) is 5.75 Å². The number of carbonyl (C=O) groups excluding carboxylic acids is 1. The van der Waals surface area contributed by atoms with E-state index in [2.05, 4.69) is 5.32 Å². The molecule has 0 radical (unpaired) electrons. The zero-order valence-electron chi connectivity index (χ0n) is 10.8. The van der Waals surface area contributed by atoms with E-state index in [1.165, 1.54) is 0 Å². The molecule has 2 atom stereocenters. The molecule has 0 aliphatic rings. The topological polar surface area (TPSA) is 75.3 Å². The van der Waals surface area contributed by atoms with Gasteiger partial charge in [0, 0.05) is 12.3 Å². The minimum absolute atomic E-state index is 0.214. The molecule has 0 heterocycles. The van der Waals surface area contributed by atoms with Gasteiger partial charge in [-0.15, -0.1) is 0 Å². The number of nitrogens with one attached hydrogen (secondary N) is 1. The van der Waals surface area contributed by atoms with Crippen LogP contribution in [-0.2, 0) is 4.79 Å². The summed E-state index contributed by atoms with van der Waals surface area (Å²) in [5, 5.41) is 12.6. The van der Waals surface area contributed by atoms with Gasteiger partial charge < -0.3 is 16.2 Å². The fourth-order valence-electron chi connectivity index (χ4n) is 1.14. The summed E-state index contributed by atoms with van der Waals surface area (Å²) in [6.45, 7) is 7.68. The SMILES string of the molecule is CSCC(C)(O)CNC(=O)C(N)C(C)(C)C. The lowest BCUT2D eigenvalue weighted by Crippen LogP contribution is -2.52. The third-order valence-electron chi connectivity index (χ3n) is 2.31. The maximum Gasteiger partial charge on any atom is 0.237 e. The lowest BCUT2D eigenvalue weighted by molar-refractivity contribution is -0.125. The molecule has 0 aliphatic carbocycles. The summed E-state index contributed by atoms with van der Waals surface area (Å²) in [5.74, 6) is 0.367. The monoisotopic (exact) mass is 248 g/mol. The van der Waals surface area contributed by atoms with Crippen molar-refractivity contribution >= 4 is 17.7 Å². The number of carbonyl (C=O) groups is 1. The lowest BCUT2D eigenvalue weighted by Gasteiger charge is -2.28. The zero-order valence-corrected chi connectivity index (χ0v) is 11.6. The summed E-state index contributed by atoms with van der Waals surface area (Å²) in [6, 6.07) is -0.558. The fraction of sp³-hybridized carbons (Fsp3) is 0.909. The Bertz CT molecular complexity index is 237. The summed E-state index contributed by atoms with van der Waals surface area (Å²) in [4.78, 5) is 11.7. The Balaban J connectivity index is 4.18. The molecule has 0 saturated carbocycles. The van der Waals surface area contributed by atoms with Gasteiger partial charge in [-0.25, -0.2) is 0 Å². The van der Waals surface area contributed by atoms with E-state index in [1.54, 1.807) is 18.7 Å². The highest BCUT2D eigenvalue weighted by molar-refractivity contribution is 7.98. The van der Waals surface area contributed by atoms with Gasteiger partial charge in [0.1, 0.15) is 0 Å². The van der Waals surface area contributed by atoms with Crippen LogP contribution in [0.15, 0.2) is 0 Å². The molecule has 0 rings (SSSR count). The molecule has 0 spiro atoms. The minimum Gasteiger partial charge on any atom is -0.387 e. The summed E-state index contributed by atoms with van der Waals surface area (Å²) >= 11 is 1.54. The van der Waals surface area contributed by atoms with Gasteiger partial charge in [-0.05, 0) is 18.6 Å². The minimum atomic E-state index is -0.882. The van der Waals surface area contributed by atoms with Gasteiger partial charge >= 0.3 is 0 Å². The van der Waals surface area contributed by atoms with Crippen LogP contribution in [0.4, 0.5) is 0 Å². The Morgan fingerprint density at radius 1 is 1.44 bits per heavy atom. The van der Waals surface area contributed by atoms with E-state index >= 15 is 0 Å². The Labute approximate surface area is 102 Å². The molecule has 0 saturated heterocycles. The standard InChI is InChI=1S/C11H24N2O2S/c1-10(2,3)8(12)9(14)13-6-11(4,15)7-16-5/h8,15H,6-7,12H2,1-5H3,(H,13,14). The lowest BCUT2D eigenvalue weighted by atomic mass is 9.87. The van der Waals surface area contributed by atoms with Crippen LogP contribution in [-0.4, -0.2) is 41.2 Å². The molecule has 0 aliphatic heterocycles. The Morgan fingerprint density at radius 2 is 1.94 bits per heavy atom. The van der Waals surface area contributed by atoms with Gasteiger partial charge in [-0.3, -0.25) is 4.79 Å². The zero-order chi connectivity index (χ0) is 13.0. The maximum atomic E-state index is 11.7. The third kappa shape index (κ3) is 5.72. The van der Waals surface area contributed by atoms with E-state index in [4.69, 9.17) is 5.73 Å². The van der Waals surface area contributed by atoms with Crippen molar-refractivity contribution in [2.45, 2.75) is 39.3 Å². The van der Waals surface area contributed by atoms with Gasteiger partial charge in [0.05, 0.1) is 11.6 Å². The van der Waals surface area contributed by atoms with Crippen molar-refractivity contribution in [3.05, 3.63) is 0 Å². The Hall–Kier alpha value is -0.260. The number of hydrogen-bond acceptors (Lipinski definition) is 4. The van der Waals surface area contributed by atoms with Crippen molar-refractivity contribution < 1.29 is 9.90 Å². The van der Waals surface area contributed by atoms with Crippen LogP contribution < -0.4 is 11.1 Å². The summed E-state index contributed by atoms with van der Waals surface area (Å²) in [6.07, 6.45) is 1.91. The molecule has 4 nitrogen and oxygen atoms in total. The van der Waals surface area contributed by atoms with Crippen molar-refractivity contribution in [2.24, 2.45) is 11.1 Å². The Morgan fingerprint density at radius 3 is 2.31 bits per heavy atom. The number of amides is 1. The van der Waals surface area contributed by atoms with Gasteiger partial charge in [-0.1, -0.05) is 20.8 Å². The van der Waals surface area contributed by atoms with Crippen LogP contribution in [0.25, 0.3) is 0 Å². The van der Waals surface area contributed by atoms with Crippen molar-refractivity contribution in [1.82, 2.24) is 5.32 Å². The number of aliphatic hydroxyl groups is 1. The van der Waals surface area contributed by atoms with Gasteiger partial charge in [0.15, 0.2) is 0 Å². The molecule has 0 aromatic heterocycles. The average molecular weight is 248 g/mol. The first-order chi connectivity index (χ1) is 7.10. The first-order valence-electron chi connectivity index (χ1n) is 5.35. The van der Waals surface area contributed by atoms with Crippen molar-refractivity contribution in [2.75, 3.05) is 18.6 Å². The van der Waals surface area contributed by atoms with Gasteiger partial charge in [0.2, 0.25) is 5.91 Å². The molecule has 96 valence electrons. The number of hydrogen-bond donors (Lipinski definition) is 3. The maximum absolute atomic E-state index is 11.7. The van der Waals surface area contributed by atoms with E-state index in [9.17, 15) is 9.90 Å². The fourth-order valence-corrected chi connectivity index (χ4v) is 1.87. The van der Waals surface area contributed by atoms with E-state index in [-0.39, 0.29) is 17.9 Å². The van der Waals surface area contributed by atoms with Gasteiger partial charge in [-0.2, -0.15) is 11.8 Å². The molecular formula is C11H24N2O2S. The highest BCUT2D eigenvalue weighted by Gasteiger charge is 2.29. The predicted molar refractivity (Wildman–Crippen MR) is 69.4 cm³/mol. The largest absolute Gasteiger partial charge is 0.387 e. The molecular weight excluding hydrogens is 224 g/mol. The first kappa shape index (κ1) is 15.7. The molecule has 5 heteroatoms. The Kier molecular flexibility index (Phi) is 5.79. The molecule has 4 N–H and O–H groups in total. The van der Waals surface area contributed by atoms with Gasteiger partial charge in [0.25, 0.3) is 0 Å². The van der Waals surface area contributed by atoms with Crippen LogP contribution in [0.3, 0.4) is 0 Å². The van der Waals surface area contributed by atoms with Crippen molar-refractivity contribution in [3.8, 4) is 0 Å². The molecule has 1 amide bonds.